The van der Waals surface area contributed by atoms with Crippen molar-refractivity contribution in [1.82, 2.24) is 15.2 Å². The van der Waals surface area contributed by atoms with Crippen LogP contribution in [0, 0.1) is 0 Å². The summed E-state index contributed by atoms with van der Waals surface area (Å²) in [6.45, 7) is 0.351. The number of carbonyl (C=O) groups is 2. The normalized spacial score (nSPS) is 21.5. The number of aromatic nitrogens is 1. The first kappa shape index (κ1) is 18.0. The summed E-state index contributed by atoms with van der Waals surface area (Å²) in [6.07, 6.45) is -4.41. The van der Waals surface area contributed by atoms with Crippen LogP contribution in [0.2, 0.25) is 0 Å². The quantitative estimate of drug-likeness (QED) is 0.771. The van der Waals surface area contributed by atoms with Crippen LogP contribution < -0.4 is 10.9 Å². The van der Waals surface area contributed by atoms with Gasteiger partial charge in [0.05, 0.1) is 7.11 Å². The van der Waals surface area contributed by atoms with Gasteiger partial charge in [0.2, 0.25) is 0 Å². The zero-order valence-corrected chi connectivity index (χ0v) is 12.9. The van der Waals surface area contributed by atoms with Gasteiger partial charge in [-0.15, -0.1) is 0 Å². The van der Waals surface area contributed by atoms with E-state index < -0.39 is 47.0 Å². The van der Waals surface area contributed by atoms with E-state index in [4.69, 9.17) is 0 Å². The lowest BCUT2D eigenvalue weighted by atomic mass is 10.1. The van der Waals surface area contributed by atoms with Crippen LogP contribution in [-0.4, -0.2) is 54.5 Å². The highest BCUT2D eigenvalue weighted by molar-refractivity contribution is 5.94. The maximum absolute atomic E-state index is 12.5. The lowest BCUT2D eigenvalue weighted by molar-refractivity contribution is -0.145. The van der Waals surface area contributed by atoms with Gasteiger partial charge in [0.25, 0.3) is 11.5 Å². The summed E-state index contributed by atoms with van der Waals surface area (Å²) in [5.41, 5.74) is -2.78. The summed E-state index contributed by atoms with van der Waals surface area (Å²) < 4.78 is 42.2. The molecule has 132 valence electrons. The Bertz CT molecular complexity index is 701. The van der Waals surface area contributed by atoms with Crippen LogP contribution in [-0.2, 0) is 15.7 Å². The first-order chi connectivity index (χ1) is 11.1. The van der Waals surface area contributed by atoms with E-state index in [2.05, 4.69) is 10.1 Å². The van der Waals surface area contributed by atoms with Crippen molar-refractivity contribution in [2.24, 2.45) is 0 Å². The average molecular weight is 347 g/mol. The maximum atomic E-state index is 12.5. The van der Waals surface area contributed by atoms with E-state index >= 15 is 0 Å². The van der Waals surface area contributed by atoms with E-state index in [1.54, 1.807) is 16.9 Å². The number of esters is 1. The van der Waals surface area contributed by atoms with Gasteiger partial charge >= 0.3 is 12.1 Å². The molecular formula is C14H16F3N3O4. The van der Waals surface area contributed by atoms with Crippen molar-refractivity contribution >= 4 is 11.9 Å². The highest BCUT2D eigenvalue weighted by atomic mass is 19.4. The predicted molar refractivity (Wildman–Crippen MR) is 76.4 cm³/mol. The lowest BCUT2D eigenvalue weighted by Crippen LogP contribution is -2.39. The number of hydrogen-bond acceptors (Lipinski definition) is 5. The Labute approximate surface area is 134 Å². The van der Waals surface area contributed by atoms with Gasteiger partial charge in [0.1, 0.15) is 17.3 Å². The smallest absolute Gasteiger partial charge is 0.431 e. The number of ether oxygens (including phenoxy) is 1. The molecule has 2 atom stereocenters. The molecule has 24 heavy (non-hydrogen) atoms. The van der Waals surface area contributed by atoms with Crippen molar-refractivity contribution in [2.45, 2.75) is 24.7 Å². The number of rotatable bonds is 3. The number of likely N-dealkylation sites (tertiary alicyclic amines) is 1. The fourth-order valence-corrected chi connectivity index (χ4v) is 2.60. The number of carbonyl (C=O) groups excluding carboxylic acids is 2. The minimum absolute atomic E-state index is 0.285. The molecule has 1 fully saturated rings. The first-order valence-electron chi connectivity index (χ1n) is 7.03. The van der Waals surface area contributed by atoms with Crippen molar-refractivity contribution < 1.29 is 27.5 Å². The molecule has 1 aromatic rings. The molecular weight excluding hydrogens is 331 g/mol. The second-order valence-electron chi connectivity index (χ2n) is 5.50. The Morgan fingerprint density at radius 3 is 2.58 bits per heavy atom. The molecule has 0 bridgehead atoms. The number of nitrogens with zero attached hydrogens (tertiary/aromatic N) is 1. The number of halogens is 3. The van der Waals surface area contributed by atoms with Crippen LogP contribution >= 0.6 is 0 Å². The number of likely N-dealkylation sites (N-methyl/N-ethyl adjacent to an activating group) is 1. The van der Waals surface area contributed by atoms with E-state index in [1.807, 2.05) is 0 Å². The van der Waals surface area contributed by atoms with Crippen molar-refractivity contribution in [3.8, 4) is 0 Å². The van der Waals surface area contributed by atoms with Crippen LogP contribution in [0.25, 0.3) is 0 Å². The molecule has 0 aliphatic carbocycles. The average Bonchev–Trinajstić information content (AvgIpc) is 2.85. The maximum Gasteiger partial charge on any atom is 0.431 e. The van der Waals surface area contributed by atoms with Crippen molar-refractivity contribution in [3.63, 3.8) is 0 Å². The van der Waals surface area contributed by atoms with Gasteiger partial charge in [-0.1, -0.05) is 0 Å². The van der Waals surface area contributed by atoms with Crippen molar-refractivity contribution in [2.75, 3.05) is 20.7 Å². The topological polar surface area (TPSA) is 91.5 Å². The molecule has 0 saturated carbocycles. The third-order valence-corrected chi connectivity index (χ3v) is 3.82. The Kier molecular flexibility index (Phi) is 4.97. The lowest BCUT2D eigenvalue weighted by Gasteiger charge is -2.15. The van der Waals surface area contributed by atoms with Gasteiger partial charge in [-0.3, -0.25) is 19.3 Å². The fourth-order valence-electron chi connectivity index (χ4n) is 2.60. The molecule has 0 spiro atoms. The number of hydrogen-bond donors (Lipinski definition) is 2. The summed E-state index contributed by atoms with van der Waals surface area (Å²) in [5, 5.41) is 2.54. The molecule has 1 saturated heterocycles. The Balaban J connectivity index is 2.09. The minimum atomic E-state index is -4.70. The van der Waals surface area contributed by atoms with E-state index in [0.717, 1.165) is 6.07 Å². The SMILES string of the molecule is COC(=O)[C@@H]1C[C@H](NC(=O)c2ccc(C(F)(F)F)[nH]c2=O)CN1C. The summed E-state index contributed by atoms with van der Waals surface area (Å²) in [5.74, 6) is -1.24. The van der Waals surface area contributed by atoms with E-state index in [9.17, 15) is 27.6 Å². The third-order valence-electron chi connectivity index (χ3n) is 3.82. The molecule has 2 N–H and O–H groups in total. The number of pyridine rings is 1. The monoisotopic (exact) mass is 347 g/mol. The zero-order valence-electron chi connectivity index (χ0n) is 12.9. The standard InChI is InChI=1S/C14H16F3N3O4/c1-20-6-7(5-9(20)13(23)24-2)18-11(21)8-3-4-10(14(15,16)17)19-12(8)22/h3-4,7,9H,5-6H2,1-2H3,(H,18,21)(H,19,22)/t7-,9-/m0/s1. The van der Waals surface area contributed by atoms with E-state index in [0.29, 0.717) is 12.6 Å². The van der Waals surface area contributed by atoms with Gasteiger partial charge in [-0.05, 0) is 25.6 Å². The van der Waals surface area contributed by atoms with Gasteiger partial charge < -0.3 is 15.0 Å². The largest absolute Gasteiger partial charge is 0.468 e. The first-order valence-corrected chi connectivity index (χ1v) is 7.03. The van der Waals surface area contributed by atoms with Crippen LogP contribution in [0.5, 0.6) is 0 Å². The Hall–Kier alpha value is -2.36. The molecule has 2 rings (SSSR count). The molecule has 1 aromatic heterocycles. The van der Waals surface area contributed by atoms with Crippen molar-refractivity contribution in [3.05, 3.63) is 33.7 Å². The van der Waals surface area contributed by atoms with Crippen molar-refractivity contribution in [1.29, 1.82) is 0 Å². The zero-order chi connectivity index (χ0) is 18.1. The molecule has 0 unspecified atom stereocenters. The van der Waals surface area contributed by atoms with E-state index in [1.165, 1.54) is 7.11 Å². The molecule has 1 aliphatic heterocycles. The molecule has 1 amide bonds. The Morgan fingerprint density at radius 1 is 1.38 bits per heavy atom. The van der Waals surface area contributed by atoms with Crippen LogP contribution in [0.3, 0.4) is 0 Å². The number of H-pyrrole nitrogens is 1. The molecule has 1 aliphatic rings. The summed E-state index contributed by atoms with van der Waals surface area (Å²) in [6, 6.07) is 0.515. The van der Waals surface area contributed by atoms with Gasteiger partial charge in [-0.25, -0.2) is 0 Å². The van der Waals surface area contributed by atoms with Gasteiger partial charge in [-0.2, -0.15) is 13.2 Å². The predicted octanol–water partition coefficient (Wildman–Crippen LogP) is 0.369. The Morgan fingerprint density at radius 2 is 2.04 bits per heavy atom. The van der Waals surface area contributed by atoms with E-state index in [-0.39, 0.29) is 6.42 Å². The molecule has 10 heteroatoms. The summed E-state index contributed by atoms with van der Waals surface area (Å²) in [7, 11) is 2.93. The number of aromatic amines is 1. The highest BCUT2D eigenvalue weighted by Crippen LogP contribution is 2.26. The molecule has 2 heterocycles. The van der Waals surface area contributed by atoms with Crippen LogP contribution in [0.1, 0.15) is 22.5 Å². The highest BCUT2D eigenvalue weighted by Gasteiger charge is 2.36. The fraction of sp³-hybridized carbons (Fsp3) is 0.500. The second kappa shape index (κ2) is 6.63. The number of amides is 1. The van der Waals surface area contributed by atoms with Gasteiger partial charge in [0.15, 0.2) is 0 Å². The minimum Gasteiger partial charge on any atom is -0.468 e. The van der Waals surface area contributed by atoms with Crippen LogP contribution in [0.15, 0.2) is 16.9 Å². The molecule has 0 aromatic carbocycles. The summed E-state index contributed by atoms with van der Waals surface area (Å²) in [4.78, 5) is 38.7. The number of methoxy groups -OCH3 is 1. The summed E-state index contributed by atoms with van der Waals surface area (Å²) >= 11 is 0. The van der Waals surface area contributed by atoms with Gasteiger partial charge in [0, 0.05) is 12.6 Å². The molecule has 7 nitrogen and oxygen atoms in total. The number of nitrogens with one attached hydrogen (secondary N) is 2. The second-order valence-corrected chi connectivity index (χ2v) is 5.50. The molecule has 0 radical (unpaired) electrons. The van der Waals surface area contributed by atoms with Crippen LogP contribution in [0.4, 0.5) is 13.2 Å². The third kappa shape index (κ3) is 3.75. The number of alkyl halides is 3.